The van der Waals surface area contributed by atoms with Gasteiger partial charge in [0.2, 0.25) is 5.91 Å². The summed E-state index contributed by atoms with van der Waals surface area (Å²) in [7, 11) is 0. The van der Waals surface area contributed by atoms with E-state index in [4.69, 9.17) is 0 Å². The fourth-order valence-corrected chi connectivity index (χ4v) is 3.13. The van der Waals surface area contributed by atoms with Crippen molar-refractivity contribution in [1.29, 1.82) is 0 Å². The fourth-order valence-electron chi connectivity index (χ4n) is 3.13. The van der Waals surface area contributed by atoms with E-state index in [0.717, 1.165) is 25.5 Å². The number of piperidine rings is 1. The van der Waals surface area contributed by atoms with Crippen molar-refractivity contribution in [3.63, 3.8) is 0 Å². The van der Waals surface area contributed by atoms with Crippen LogP contribution in [0.5, 0.6) is 0 Å². The Bertz CT molecular complexity index is 513. The molecule has 122 valence electrons. The Morgan fingerprint density at radius 3 is 2.73 bits per heavy atom. The molecule has 1 saturated heterocycles. The lowest BCUT2D eigenvalue weighted by Crippen LogP contribution is -2.39. The van der Waals surface area contributed by atoms with Crippen LogP contribution >= 0.6 is 0 Å². The van der Waals surface area contributed by atoms with Crippen LogP contribution < -0.4 is 0 Å². The molecule has 0 aromatic heterocycles. The van der Waals surface area contributed by atoms with E-state index in [9.17, 15) is 18.0 Å². The average molecular weight is 313 g/mol. The predicted octanol–water partition coefficient (Wildman–Crippen LogP) is 4.29. The third-order valence-electron chi connectivity index (χ3n) is 4.32. The van der Waals surface area contributed by atoms with Gasteiger partial charge in [-0.2, -0.15) is 13.2 Å². The lowest BCUT2D eigenvalue weighted by atomic mass is 9.90. The molecule has 0 unspecified atom stereocenters. The Balaban J connectivity index is 1.97. The van der Waals surface area contributed by atoms with E-state index in [1.807, 2.05) is 11.8 Å². The Kier molecular flexibility index (Phi) is 5.48. The van der Waals surface area contributed by atoms with Gasteiger partial charge >= 0.3 is 6.18 Å². The van der Waals surface area contributed by atoms with Crippen LogP contribution in [0, 0.1) is 5.92 Å². The molecule has 1 aromatic carbocycles. The maximum absolute atomic E-state index is 13.0. The maximum atomic E-state index is 13.0. The van der Waals surface area contributed by atoms with E-state index < -0.39 is 11.7 Å². The zero-order valence-corrected chi connectivity index (χ0v) is 12.8. The summed E-state index contributed by atoms with van der Waals surface area (Å²) in [6.07, 6.45) is -0.773. The molecule has 1 aliphatic heterocycles. The molecule has 2 rings (SSSR count). The minimum atomic E-state index is -4.30. The van der Waals surface area contributed by atoms with Crippen LogP contribution in [0.3, 0.4) is 0 Å². The van der Waals surface area contributed by atoms with E-state index in [1.165, 1.54) is 6.07 Å². The van der Waals surface area contributed by atoms with Gasteiger partial charge in [-0.25, -0.2) is 0 Å². The number of halogens is 3. The second-order valence-electron chi connectivity index (χ2n) is 5.90. The van der Waals surface area contributed by atoms with Crippen molar-refractivity contribution in [2.24, 2.45) is 5.92 Å². The quantitative estimate of drug-likeness (QED) is 0.812. The summed E-state index contributed by atoms with van der Waals surface area (Å²) >= 11 is 0. The van der Waals surface area contributed by atoms with Gasteiger partial charge in [0.15, 0.2) is 0 Å². The van der Waals surface area contributed by atoms with Crippen LogP contribution in [0.1, 0.15) is 43.7 Å². The van der Waals surface area contributed by atoms with Gasteiger partial charge in [0.25, 0.3) is 0 Å². The molecule has 1 heterocycles. The summed E-state index contributed by atoms with van der Waals surface area (Å²) in [6.45, 7) is 3.30. The van der Waals surface area contributed by atoms with Gasteiger partial charge < -0.3 is 4.90 Å². The highest BCUT2D eigenvalue weighted by atomic mass is 19.4. The monoisotopic (exact) mass is 313 g/mol. The third kappa shape index (κ3) is 4.24. The molecular formula is C17H22F3NO. The number of hydrogen-bond donors (Lipinski definition) is 0. The summed E-state index contributed by atoms with van der Waals surface area (Å²) < 4.78 is 38.9. The van der Waals surface area contributed by atoms with Gasteiger partial charge in [0.05, 0.1) is 5.56 Å². The topological polar surface area (TPSA) is 20.3 Å². The molecule has 0 bridgehead atoms. The Morgan fingerprint density at radius 1 is 1.32 bits per heavy atom. The number of aryl methyl sites for hydroxylation is 1. The highest BCUT2D eigenvalue weighted by Gasteiger charge is 2.33. The van der Waals surface area contributed by atoms with Crippen molar-refractivity contribution in [2.75, 3.05) is 13.1 Å². The Hall–Kier alpha value is -1.52. The van der Waals surface area contributed by atoms with E-state index in [0.29, 0.717) is 37.3 Å². The van der Waals surface area contributed by atoms with Crippen LogP contribution in [-0.4, -0.2) is 23.9 Å². The maximum Gasteiger partial charge on any atom is 0.416 e. The van der Waals surface area contributed by atoms with Crippen LogP contribution in [0.2, 0.25) is 0 Å². The number of alkyl halides is 3. The smallest absolute Gasteiger partial charge is 0.342 e. The summed E-state index contributed by atoms with van der Waals surface area (Å²) in [5.74, 6) is 0.436. The molecule has 0 aliphatic carbocycles. The first kappa shape index (κ1) is 16.8. The van der Waals surface area contributed by atoms with Crippen molar-refractivity contribution < 1.29 is 18.0 Å². The van der Waals surface area contributed by atoms with Crippen molar-refractivity contribution in [3.8, 4) is 0 Å². The molecule has 1 atom stereocenters. The number of carbonyl (C=O) groups excluding carboxylic acids is 1. The summed E-state index contributed by atoms with van der Waals surface area (Å²) in [4.78, 5) is 13.6. The van der Waals surface area contributed by atoms with Crippen molar-refractivity contribution in [2.45, 2.75) is 45.2 Å². The minimum Gasteiger partial charge on any atom is -0.342 e. The minimum absolute atomic E-state index is 0.139. The molecule has 0 spiro atoms. The van der Waals surface area contributed by atoms with Gasteiger partial charge in [0.1, 0.15) is 0 Å². The highest BCUT2D eigenvalue weighted by molar-refractivity contribution is 5.75. The van der Waals surface area contributed by atoms with Crippen molar-refractivity contribution in [1.82, 2.24) is 4.90 Å². The molecule has 2 nitrogen and oxygen atoms in total. The van der Waals surface area contributed by atoms with E-state index in [-0.39, 0.29) is 5.91 Å². The first-order valence-electron chi connectivity index (χ1n) is 7.84. The first-order valence-corrected chi connectivity index (χ1v) is 7.84. The molecule has 0 radical (unpaired) electrons. The number of nitrogens with zero attached hydrogens (tertiary/aromatic N) is 1. The summed E-state index contributed by atoms with van der Waals surface area (Å²) in [5.41, 5.74) is -0.179. The average Bonchev–Trinajstić information content (AvgIpc) is 2.52. The molecular weight excluding hydrogens is 291 g/mol. The molecule has 1 amide bonds. The van der Waals surface area contributed by atoms with Gasteiger partial charge in [-0.3, -0.25) is 4.79 Å². The standard InChI is InChI=1S/C17H22F3NO/c1-2-16(22)21-11-5-6-13(12-21)9-10-14-7-3-4-8-15(14)17(18,19)20/h3-4,7-8,13H,2,5-6,9-12H2,1H3/t13-/m1/s1. The van der Waals surface area contributed by atoms with Crippen LogP contribution in [0.15, 0.2) is 24.3 Å². The fraction of sp³-hybridized carbons (Fsp3) is 0.588. The van der Waals surface area contributed by atoms with E-state index in [1.54, 1.807) is 12.1 Å². The predicted molar refractivity (Wildman–Crippen MR) is 79.4 cm³/mol. The number of amides is 1. The van der Waals surface area contributed by atoms with Crippen LogP contribution in [0.25, 0.3) is 0 Å². The largest absolute Gasteiger partial charge is 0.416 e. The number of benzene rings is 1. The third-order valence-corrected chi connectivity index (χ3v) is 4.32. The summed E-state index contributed by atoms with van der Waals surface area (Å²) in [6, 6.07) is 5.77. The molecule has 1 aliphatic rings. The number of hydrogen-bond acceptors (Lipinski definition) is 1. The lowest BCUT2D eigenvalue weighted by molar-refractivity contribution is -0.138. The van der Waals surface area contributed by atoms with Crippen molar-refractivity contribution in [3.05, 3.63) is 35.4 Å². The van der Waals surface area contributed by atoms with Crippen LogP contribution in [0.4, 0.5) is 13.2 Å². The van der Waals surface area contributed by atoms with Crippen LogP contribution in [-0.2, 0) is 17.4 Å². The van der Waals surface area contributed by atoms with Gasteiger partial charge in [-0.15, -0.1) is 0 Å². The molecule has 0 saturated carbocycles. The number of rotatable bonds is 4. The molecule has 5 heteroatoms. The zero-order valence-electron chi connectivity index (χ0n) is 12.8. The molecule has 1 aromatic rings. The van der Waals surface area contributed by atoms with Crippen molar-refractivity contribution >= 4 is 5.91 Å². The van der Waals surface area contributed by atoms with E-state index >= 15 is 0 Å². The zero-order chi connectivity index (χ0) is 16.2. The summed E-state index contributed by atoms with van der Waals surface area (Å²) in [5, 5.41) is 0. The van der Waals surface area contributed by atoms with Gasteiger partial charge in [-0.05, 0) is 43.2 Å². The Labute approximate surface area is 129 Å². The molecule has 22 heavy (non-hydrogen) atoms. The van der Waals surface area contributed by atoms with Gasteiger partial charge in [-0.1, -0.05) is 25.1 Å². The second-order valence-corrected chi connectivity index (χ2v) is 5.90. The first-order chi connectivity index (χ1) is 10.4. The van der Waals surface area contributed by atoms with E-state index in [2.05, 4.69) is 0 Å². The second kappa shape index (κ2) is 7.16. The number of likely N-dealkylation sites (tertiary alicyclic amines) is 1. The van der Waals surface area contributed by atoms with Gasteiger partial charge in [0, 0.05) is 19.5 Å². The number of carbonyl (C=O) groups is 1. The molecule has 0 N–H and O–H groups in total. The lowest BCUT2D eigenvalue weighted by Gasteiger charge is -2.33. The highest BCUT2D eigenvalue weighted by Crippen LogP contribution is 2.33. The molecule has 1 fully saturated rings. The SMILES string of the molecule is CCC(=O)N1CCC[C@H](CCc2ccccc2C(F)(F)F)C1. The normalized spacial score (nSPS) is 19.3. The Morgan fingerprint density at radius 2 is 2.05 bits per heavy atom.